The molecule has 0 aromatic heterocycles. The Balaban J connectivity index is 1.87. The average Bonchev–Trinajstić information content (AvgIpc) is 1.88. The van der Waals surface area contributed by atoms with E-state index in [1.54, 1.807) is 0 Å². The third-order valence-electron chi connectivity index (χ3n) is 2.31. The maximum absolute atomic E-state index is 5.51. The van der Waals surface area contributed by atoms with Crippen molar-refractivity contribution in [1.82, 2.24) is 0 Å². The molecular formula is C6H8O3. The summed E-state index contributed by atoms with van der Waals surface area (Å²) in [6.07, 6.45) is 1.29. The molecule has 0 unspecified atom stereocenters. The fourth-order valence-corrected chi connectivity index (χ4v) is 1.64. The quantitative estimate of drug-likeness (QED) is 0.442. The van der Waals surface area contributed by atoms with Crippen LogP contribution in [0.1, 0.15) is 0 Å². The third kappa shape index (κ3) is 0.407. The van der Waals surface area contributed by atoms with E-state index in [1.165, 1.54) is 0 Å². The maximum Gasteiger partial charge on any atom is 0.115 e. The average molecular weight is 128 g/mol. The normalized spacial score (nSPS) is 61.3. The van der Waals surface area contributed by atoms with Gasteiger partial charge in [-0.05, 0) is 0 Å². The Bertz CT molecular complexity index is 131. The predicted octanol–water partition coefficient (Wildman–Crippen LogP) is -0.449. The van der Waals surface area contributed by atoms with E-state index < -0.39 is 0 Å². The molecule has 0 aromatic rings. The zero-order valence-electron chi connectivity index (χ0n) is 4.95. The molecule has 3 aliphatic rings. The summed E-state index contributed by atoms with van der Waals surface area (Å²) in [5.74, 6) is 0. The number of fused-ring (bicyclic) bond motifs is 3. The van der Waals surface area contributed by atoms with Gasteiger partial charge in [0.2, 0.25) is 0 Å². The monoisotopic (exact) mass is 128 g/mol. The van der Waals surface area contributed by atoms with Crippen LogP contribution in [0.15, 0.2) is 0 Å². The first-order valence-electron chi connectivity index (χ1n) is 3.34. The van der Waals surface area contributed by atoms with E-state index in [2.05, 4.69) is 0 Å². The largest absolute Gasteiger partial charge is 0.370 e. The van der Waals surface area contributed by atoms with Gasteiger partial charge >= 0.3 is 0 Å². The molecule has 3 rings (SSSR count). The highest BCUT2D eigenvalue weighted by Crippen LogP contribution is 2.38. The van der Waals surface area contributed by atoms with Gasteiger partial charge in [0.25, 0.3) is 0 Å². The topological polar surface area (TPSA) is 27.7 Å². The molecule has 3 saturated heterocycles. The molecule has 0 amide bonds. The van der Waals surface area contributed by atoms with Crippen LogP contribution in [0.25, 0.3) is 0 Å². The lowest BCUT2D eigenvalue weighted by Gasteiger charge is -2.35. The second-order valence-electron chi connectivity index (χ2n) is 2.81. The fourth-order valence-electron chi connectivity index (χ4n) is 1.64. The van der Waals surface area contributed by atoms with Crippen LogP contribution < -0.4 is 0 Å². The molecule has 3 heterocycles. The van der Waals surface area contributed by atoms with Crippen molar-refractivity contribution in [2.45, 2.75) is 24.4 Å². The van der Waals surface area contributed by atoms with Crippen LogP contribution in [0.3, 0.4) is 0 Å². The first-order chi connectivity index (χ1) is 4.45. The summed E-state index contributed by atoms with van der Waals surface area (Å²) in [5.41, 5.74) is 0. The smallest absolute Gasteiger partial charge is 0.115 e. The second-order valence-corrected chi connectivity index (χ2v) is 2.81. The van der Waals surface area contributed by atoms with Crippen LogP contribution in [-0.4, -0.2) is 37.6 Å². The van der Waals surface area contributed by atoms with Gasteiger partial charge in [0.05, 0.1) is 13.2 Å². The highest BCUT2D eigenvalue weighted by Gasteiger charge is 2.56. The van der Waals surface area contributed by atoms with Crippen LogP contribution in [0, 0.1) is 0 Å². The Labute approximate surface area is 52.9 Å². The zero-order chi connectivity index (χ0) is 5.84. The lowest BCUT2D eigenvalue weighted by Crippen LogP contribution is -2.52. The Morgan fingerprint density at radius 2 is 1.44 bits per heavy atom. The van der Waals surface area contributed by atoms with Gasteiger partial charge in [-0.2, -0.15) is 0 Å². The predicted molar refractivity (Wildman–Crippen MR) is 28.1 cm³/mol. The minimum Gasteiger partial charge on any atom is -0.370 e. The molecule has 9 heavy (non-hydrogen) atoms. The van der Waals surface area contributed by atoms with Crippen molar-refractivity contribution in [3.63, 3.8) is 0 Å². The van der Waals surface area contributed by atoms with Crippen LogP contribution in [0.5, 0.6) is 0 Å². The molecular weight excluding hydrogens is 120 g/mol. The summed E-state index contributed by atoms with van der Waals surface area (Å²) >= 11 is 0. The number of rotatable bonds is 0. The van der Waals surface area contributed by atoms with Crippen molar-refractivity contribution in [3.8, 4) is 0 Å². The molecule has 0 N–H and O–H groups in total. The van der Waals surface area contributed by atoms with E-state index in [9.17, 15) is 0 Å². The second kappa shape index (κ2) is 1.31. The maximum atomic E-state index is 5.51. The highest BCUT2D eigenvalue weighted by atomic mass is 16.7. The summed E-state index contributed by atoms with van der Waals surface area (Å²) in [6, 6.07) is 0. The summed E-state index contributed by atoms with van der Waals surface area (Å²) in [5, 5.41) is 0. The van der Waals surface area contributed by atoms with Gasteiger partial charge in [-0.1, -0.05) is 0 Å². The number of hydrogen-bond acceptors (Lipinski definition) is 3. The Morgan fingerprint density at radius 1 is 0.889 bits per heavy atom. The van der Waals surface area contributed by atoms with E-state index in [4.69, 9.17) is 14.2 Å². The number of hydrogen-bond donors (Lipinski definition) is 0. The zero-order valence-corrected chi connectivity index (χ0v) is 4.95. The Morgan fingerprint density at radius 3 is 1.67 bits per heavy atom. The van der Waals surface area contributed by atoms with Crippen molar-refractivity contribution in [3.05, 3.63) is 0 Å². The van der Waals surface area contributed by atoms with Gasteiger partial charge in [0, 0.05) is 0 Å². The molecule has 3 heteroatoms. The van der Waals surface area contributed by atoms with Gasteiger partial charge in [-0.25, -0.2) is 0 Å². The molecule has 0 spiro atoms. The first kappa shape index (κ1) is 4.66. The molecule has 0 bridgehead atoms. The fraction of sp³-hybridized carbons (Fsp3) is 1.00. The molecule has 0 aliphatic carbocycles. The molecule has 3 fully saturated rings. The molecule has 50 valence electrons. The van der Waals surface area contributed by atoms with E-state index >= 15 is 0 Å². The van der Waals surface area contributed by atoms with Crippen LogP contribution in [0.2, 0.25) is 0 Å². The highest BCUT2D eigenvalue weighted by molar-refractivity contribution is 5.02. The van der Waals surface area contributed by atoms with Crippen molar-refractivity contribution in [1.29, 1.82) is 0 Å². The lowest BCUT2D eigenvalue weighted by molar-refractivity contribution is -0.161. The van der Waals surface area contributed by atoms with Crippen LogP contribution >= 0.6 is 0 Å². The summed E-state index contributed by atoms with van der Waals surface area (Å²) < 4.78 is 16.0. The van der Waals surface area contributed by atoms with Crippen LogP contribution in [-0.2, 0) is 14.2 Å². The Kier molecular flexibility index (Phi) is 0.678. The summed E-state index contributed by atoms with van der Waals surface area (Å²) in [6.45, 7) is 1.56. The van der Waals surface area contributed by atoms with Gasteiger partial charge in [0.15, 0.2) is 0 Å². The third-order valence-corrected chi connectivity index (χ3v) is 2.31. The molecule has 3 nitrogen and oxygen atoms in total. The van der Waals surface area contributed by atoms with Crippen molar-refractivity contribution >= 4 is 0 Å². The van der Waals surface area contributed by atoms with Crippen LogP contribution in [0.4, 0.5) is 0 Å². The van der Waals surface area contributed by atoms with Crippen molar-refractivity contribution in [2.75, 3.05) is 13.2 Å². The minimum absolute atomic E-state index is 0.281. The molecule has 3 aliphatic heterocycles. The lowest BCUT2D eigenvalue weighted by atomic mass is 10.0. The van der Waals surface area contributed by atoms with Crippen molar-refractivity contribution in [2.24, 2.45) is 0 Å². The van der Waals surface area contributed by atoms with Crippen molar-refractivity contribution < 1.29 is 14.2 Å². The first-order valence-corrected chi connectivity index (χ1v) is 3.34. The van der Waals surface area contributed by atoms with Gasteiger partial charge < -0.3 is 14.2 Å². The van der Waals surface area contributed by atoms with E-state index in [1.807, 2.05) is 0 Å². The molecule has 0 aromatic carbocycles. The van der Waals surface area contributed by atoms with E-state index in [0.717, 1.165) is 13.2 Å². The molecule has 0 saturated carbocycles. The van der Waals surface area contributed by atoms with E-state index in [-0.39, 0.29) is 12.2 Å². The standard InChI is InChI=1S/C6H8O3/c1-3-5(7-1)6-4(9-3)2-8-6/h3-6H,1-2H2/t3-,4-,5+,6+/m0/s1. The Hall–Kier alpha value is -0.120. The van der Waals surface area contributed by atoms with Gasteiger partial charge in [0.1, 0.15) is 24.4 Å². The molecule has 4 atom stereocenters. The molecule has 0 radical (unpaired) electrons. The number of ether oxygens (including phenoxy) is 3. The van der Waals surface area contributed by atoms with E-state index in [0.29, 0.717) is 12.2 Å². The van der Waals surface area contributed by atoms with Gasteiger partial charge in [-0.15, -0.1) is 0 Å². The minimum atomic E-state index is 0.281. The SMILES string of the molecule is C1O[C@H]2[C@@H]3OC[C@@H]3O[C@@H]12. The summed E-state index contributed by atoms with van der Waals surface area (Å²) in [4.78, 5) is 0. The van der Waals surface area contributed by atoms with Gasteiger partial charge in [-0.3, -0.25) is 0 Å². The summed E-state index contributed by atoms with van der Waals surface area (Å²) in [7, 11) is 0.